The van der Waals surface area contributed by atoms with Gasteiger partial charge < -0.3 is 5.11 Å². The van der Waals surface area contributed by atoms with E-state index in [9.17, 15) is 9.90 Å². The first-order chi connectivity index (χ1) is 10.8. The zero-order valence-electron chi connectivity index (χ0n) is 13.8. The Morgan fingerprint density at radius 2 is 1.91 bits per heavy atom. The predicted octanol–water partition coefficient (Wildman–Crippen LogP) is 4.84. The average Bonchev–Trinajstić information content (AvgIpc) is 2.80. The molecule has 0 amide bonds. The van der Waals surface area contributed by atoms with Gasteiger partial charge in [-0.05, 0) is 41.7 Å². The van der Waals surface area contributed by atoms with E-state index in [0.717, 1.165) is 27.6 Å². The molecule has 0 atom stereocenters. The molecule has 0 unspecified atom stereocenters. The molecule has 23 heavy (non-hydrogen) atoms. The molecule has 4 heteroatoms. The van der Waals surface area contributed by atoms with Gasteiger partial charge in [0.05, 0.1) is 11.2 Å². The second-order valence-electron chi connectivity index (χ2n) is 6.78. The highest BCUT2D eigenvalue weighted by Crippen LogP contribution is 2.38. The van der Waals surface area contributed by atoms with E-state index in [1.54, 1.807) is 12.4 Å². The summed E-state index contributed by atoms with van der Waals surface area (Å²) in [6.45, 7) is 8.41. The van der Waals surface area contributed by atoms with Gasteiger partial charge in [-0.15, -0.1) is 0 Å². The van der Waals surface area contributed by atoms with Crippen molar-refractivity contribution in [3.8, 4) is 11.3 Å². The van der Waals surface area contributed by atoms with Gasteiger partial charge in [0, 0.05) is 23.3 Å². The minimum absolute atomic E-state index is 0.0683. The summed E-state index contributed by atoms with van der Waals surface area (Å²) in [6, 6.07) is 9.59. The standard InChI is InChI=1S/C19H20N2O2/c1-12-16-14(19(2,3)4)8-5-9-15(16)21(18(22)23)17(12)13-7-6-10-20-11-13/h5-11H,1-4H3,(H,22,23). The summed E-state index contributed by atoms with van der Waals surface area (Å²) >= 11 is 0. The zero-order valence-corrected chi connectivity index (χ0v) is 13.8. The third-order valence-electron chi connectivity index (χ3n) is 4.17. The van der Waals surface area contributed by atoms with Gasteiger partial charge in [0.25, 0.3) is 0 Å². The van der Waals surface area contributed by atoms with E-state index in [2.05, 4.69) is 31.8 Å². The molecule has 3 aromatic rings. The normalized spacial score (nSPS) is 11.8. The van der Waals surface area contributed by atoms with Crippen molar-refractivity contribution in [2.75, 3.05) is 0 Å². The quantitative estimate of drug-likeness (QED) is 0.700. The number of aromatic nitrogens is 2. The third-order valence-corrected chi connectivity index (χ3v) is 4.17. The highest BCUT2D eigenvalue weighted by atomic mass is 16.4. The second kappa shape index (κ2) is 5.23. The minimum Gasteiger partial charge on any atom is -0.464 e. The molecule has 118 valence electrons. The van der Waals surface area contributed by atoms with Crippen molar-refractivity contribution >= 4 is 17.0 Å². The number of aryl methyl sites for hydroxylation is 1. The first-order valence-electron chi connectivity index (χ1n) is 7.60. The van der Waals surface area contributed by atoms with Crippen LogP contribution in [-0.4, -0.2) is 20.8 Å². The van der Waals surface area contributed by atoms with Gasteiger partial charge in [0.1, 0.15) is 0 Å². The third kappa shape index (κ3) is 2.40. The summed E-state index contributed by atoms with van der Waals surface area (Å²) < 4.78 is 1.37. The smallest absolute Gasteiger partial charge is 0.416 e. The Kier molecular flexibility index (Phi) is 3.48. The second-order valence-corrected chi connectivity index (χ2v) is 6.78. The molecule has 0 saturated heterocycles. The van der Waals surface area contributed by atoms with Gasteiger partial charge >= 0.3 is 6.09 Å². The number of hydrogen-bond acceptors (Lipinski definition) is 2. The molecular weight excluding hydrogens is 288 g/mol. The Morgan fingerprint density at radius 3 is 2.48 bits per heavy atom. The van der Waals surface area contributed by atoms with Crippen LogP contribution in [0.4, 0.5) is 4.79 Å². The van der Waals surface area contributed by atoms with Crippen LogP contribution in [0.2, 0.25) is 0 Å². The lowest BCUT2D eigenvalue weighted by Crippen LogP contribution is -2.12. The van der Waals surface area contributed by atoms with Gasteiger partial charge in [-0.3, -0.25) is 4.98 Å². The molecule has 2 heterocycles. The average molecular weight is 308 g/mol. The summed E-state index contributed by atoms with van der Waals surface area (Å²) in [5.41, 5.74) is 4.28. The molecule has 2 aromatic heterocycles. The van der Waals surface area contributed by atoms with Crippen LogP contribution in [0.5, 0.6) is 0 Å². The molecule has 0 fully saturated rings. The van der Waals surface area contributed by atoms with Crippen molar-refractivity contribution in [2.45, 2.75) is 33.1 Å². The monoisotopic (exact) mass is 308 g/mol. The molecule has 0 saturated carbocycles. The number of carboxylic acid groups (broad SMARTS) is 1. The maximum absolute atomic E-state index is 11.9. The molecular formula is C19H20N2O2. The number of benzene rings is 1. The van der Waals surface area contributed by atoms with Crippen molar-refractivity contribution in [1.82, 2.24) is 9.55 Å². The Bertz CT molecular complexity index is 887. The van der Waals surface area contributed by atoms with E-state index in [1.807, 2.05) is 31.2 Å². The Balaban J connectivity index is 2.49. The highest BCUT2D eigenvalue weighted by molar-refractivity contribution is 6.00. The van der Waals surface area contributed by atoms with Gasteiger partial charge in [-0.1, -0.05) is 32.9 Å². The topological polar surface area (TPSA) is 55.1 Å². The molecule has 0 spiro atoms. The van der Waals surface area contributed by atoms with E-state index >= 15 is 0 Å². The number of nitrogens with zero attached hydrogens (tertiary/aromatic N) is 2. The van der Waals surface area contributed by atoms with Crippen LogP contribution < -0.4 is 0 Å². The van der Waals surface area contributed by atoms with Crippen molar-refractivity contribution in [3.05, 3.63) is 53.9 Å². The maximum Gasteiger partial charge on any atom is 0.416 e. The molecule has 1 aromatic carbocycles. The highest BCUT2D eigenvalue weighted by Gasteiger charge is 2.25. The molecule has 0 bridgehead atoms. The van der Waals surface area contributed by atoms with Gasteiger partial charge in [-0.2, -0.15) is 0 Å². The lowest BCUT2D eigenvalue weighted by molar-refractivity contribution is 0.198. The summed E-state index contributed by atoms with van der Waals surface area (Å²) in [4.78, 5) is 16.1. The Labute approximate surface area is 135 Å². The first kappa shape index (κ1) is 15.3. The van der Waals surface area contributed by atoms with E-state index in [0.29, 0.717) is 5.69 Å². The first-order valence-corrected chi connectivity index (χ1v) is 7.60. The van der Waals surface area contributed by atoms with Gasteiger partial charge in [0.15, 0.2) is 0 Å². The van der Waals surface area contributed by atoms with Crippen LogP contribution >= 0.6 is 0 Å². The minimum atomic E-state index is -0.979. The van der Waals surface area contributed by atoms with Gasteiger partial charge in [-0.25, -0.2) is 9.36 Å². The molecule has 0 aliphatic rings. The molecule has 3 rings (SSSR count). The summed E-state index contributed by atoms with van der Waals surface area (Å²) in [6.07, 6.45) is 2.41. The summed E-state index contributed by atoms with van der Waals surface area (Å²) in [5.74, 6) is 0. The van der Waals surface area contributed by atoms with E-state index in [1.165, 1.54) is 4.57 Å². The maximum atomic E-state index is 11.9. The lowest BCUT2D eigenvalue weighted by Gasteiger charge is -2.20. The molecule has 1 N–H and O–H groups in total. The van der Waals surface area contributed by atoms with Crippen LogP contribution in [0.15, 0.2) is 42.7 Å². The number of fused-ring (bicyclic) bond motifs is 1. The van der Waals surface area contributed by atoms with Crippen LogP contribution in [-0.2, 0) is 5.41 Å². The molecule has 0 aliphatic heterocycles. The van der Waals surface area contributed by atoms with Crippen molar-refractivity contribution < 1.29 is 9.90 Å². The molecule has 0 radical (unpaired) electrons. The largest absolute Gasteiger partial charge is 0.464 e. The van der Waals surface area contributed by atoms with Crippen molar-refractivity contribution in [2.24, 2.45) is 0 Å². The number of rotatable bonds is 1. The summed E-state index contributed by atoms with van der Waals surface area (Å²) in [7, 11) is 0. The van der Waals surface area contributed by atoms with Crippen molar-refractivity contribution in [1.29, 1.82) is 0 Å². The Morgan fingerprint density at radius 1 is 1.17 bits per heavy atom. The predicted molar refractivity (Wildman–Crippen MR) is 92.0 cm³/mol. The van der Waals surface area contributed by atoms with Crippen LogP contribution in [0.3, 0.4) is 0 Å². The van der Waals surface area contributed by atoms with Gasteiger partial charge in [0.2, 0.25) is 0 Å². The fraction of sp³-hybridized carbons (Fsp3) is 0.263. The van der Waals surface area contributed by atoms with E-state index < -0.39 is 6.09 Å². The SMILES string of the molecule is Cc1c(-c2cccnc2)n(C(=O)O)c2cccc(C(C)(C)C)c12. The molecule has 0 aliphatic carbocycles. The van der Waals surface area contributed by atoms with Crippen LogP contribution in [0.1, 0.15) is 31.9 Å². The van der Waals surface area contributed by atoms with E-state index in [4.69, 9.17) is 0 Å². The molecule has 4 nitrogen and oxygen atoms in total. The number of carbonyl (C=O) groups is 1. The lowest BCUT2D eigenvalue weighted by atomic mass is 9.84. The number of hydrogen-bond donors (Lipinski definition) is 1. The van der Waals surface area contributed by atoms with Crippen LogP contribution in [0.25, 0.3) is 22.2 Å². The fourth-order valence-electron chi connectivity index (χ4n) is 3.20. The summed E-state index contributed by atoms with van der Waals surface area (Å²) in [5, 5.41) is 10.8. The van der Waals surface area contributed by atoms with Crippen LogP contribution in [0, 0.1) is 6.92 Å². The zero-order chi connectivity index (χ0) is 16.8. The van der Waals surface area contributed by atoms with Crippen molar-refractivity contribution in [3.63, 3.8) is 0 Å². The fourth-order valence-corrected chi connectivity index (χ4v) is 3.20. The Hall–Kier alpha value is -2.62. The van der Waals surface area contributed by atoms with E-state index in [-0.39, 0.29) is 5.41 Å². The number of pyridine rings is 1.